The SMILES string of the molecule is COc1ccc2c(c1)C(c1ccccc1)=C(C(C)(C)C)C2=O. The molecule has 0 heterocycles. The van der Waals surface area contributed by atoms with Crippen LogP contribution in [0.4, 0.5) is 0 Å². The molecular weight excluding hydrogens is 272 g/mol. The quantitative estimate of drug-likeness (QED) is 0.799. The van der Waals surface area contributed by atoms with Gasteiger partial charge in [-0.05, 0) is 40.3 Å². The first-order valence-corrected chi connectivity index (χ1v) is 7.47. The molecule has 2 aromatic rings. The number of carbonyl (C=O) groups excluding carboxylic acids is 1. The van der Waals surface area contributed by atoms with Crippen molar-refractivity contribution < 1.29 is 9.53 Å². The normalized spacial score (nSPS) is 14.3. The summed E-state index contributed by atoms with van der Waals surface area (Å²) < 4.78 is 5.35. The summed E-state index contributed by atoms with van der Waals surface area (Å²) in [7, 11) is 1.65. The first-order chi connectivity index (χ1) is 10.4. The van der Waals surface area contributed by atoms with Crippen LogP contribution >= 0.6 is 0 Å². The molecule has 1 aliphatic rings. The second-order valence-electron chi connectivity index (χ2n) is 6.61. The molecule has 0 amide bonds. The highest BCUT2D eigenvalue weighted by molar-refractivity contribution is 6.23. The van der Waals surface area contributed by atoms with Crippen LogP contribution in [0, 0.1) is 5.41 Å². The van der Waals surface area contributed by atoms with E-state index in [9.17, 15) is 4.79 Å². The fourth-order valence-electron chi connectivity index (χ4n) is 3.06. The third-order valence-electron chi connectivity index (χ3n) is 4.03. The Labute approximate surface area is 131 Å². The molecule has 0 radical (unpaired) electrons. The van der Waals surface area contributed by atoms with Crippen molar-refractivity contribution in [2.75, 3.05) is 7.11 Å². The molecule has 0 N–H and O–H groups in total. The maximum atomic E-state index is 12.9. The Bertz CT molecular complexity index is 762. The Morgan fingerprint density at radius 3 is 2.18 bits per heavy atom. The first kappa shape index (κ1) is 14.6. The van der Waals surface area contributed by atoms with Gasteiger partial charge < -0.3 is 4.74 Å². The molecule has 0 unspecified atom stereocenters. The Balaban J connectivity index is 2.33. The van der Waals surface area contributed by atoms with Gasteiger partial charge in [0.2, 0.25) is 0 Å². The first-order valence-electron chi connectivity index (χ1n) is 7.47. The Kier molecular flexibility index (Phi) is 3.40. The Morgan fingerprint density at radius 1 is 0.909 bits per heavy atom. The molecule has 1 aliphatic carbocycles. The lowest BCUT2D eigenvalue weighted by molar-refractivity contribution is 0.101. The molecule has 2 nitrogen and oxygen atoms in total. The lowest BCUT2D eigenvalue weighted by Gasteiger charge is -2.21. The minimum absolute atomic E-state index is 0.129. The highest BCUT2D eigenvalue weighted by Gasteiger charge is 2.36. The number of benzene rings is 2. The molecule has 0 atom stereocenters. The number of Topliss-reactive ketones (excluding diaryl/α,β-unsaturated/α-hetero) is 1. The van der Waals surface area contributed by atoms with Crippen LogP contribution in [0.25, 0.3) is 5.57 Å². The summed E-state index contributed by atoms with van der Waals surface area (Å²) in [4.78, 5) is 12.9. The number of methoxy groups -OCH3 is 1. The van der Waals surface area contributed by atoms with Gasteiger partial charge in [0, 0.05) is 11.1 Å². The van der Waals surface area contributed by atoms with Crippen LogP contribution in [0.15, 0.2) is 54.1 Å². The van der Waals surface area contributed by atoms with Gasteiger partial charge in [0.25, 0.3) is 0 Å². The molecule has 0 saturated heterocycles. The predicted octanol–water partition coefficient (Wildman–Crippen LogP) is 4.74. The van der Waals surface area contributed by atoms with Gasteiger partial charge in [-0.3, -0.25) is 4.79 Å². The highest BCUT2D eigenvalue weighted by atomic mass is 16.5. The summed E-state index contributed by atoms with van der Waals surface area (Å²) in [5.41, 5.74) is 4.51. The van der Waals surface area contributed by atoms with E-state index in [-0.39, 0.29) is 11.2 Å². The summed E-state index contributed by atoms with van der Waals surface area (Å²) in [6.45, 7) is 6.27. The zero-order valence-corrected chi connectivity index (χ0v) is 13.4. The summed E-state index contributed by atoms with van der Waals surface area (Å²) in [5, 5.41) is 0. The van der Waals surface area contributed by atoms with Crippen molar-refractivity contribution in [1.29, 1.82) is 0 Å². The zero-order chi connectivity index (χ0) is 15.9. The van der Waals surface area contributed by atoms with Crippen LogP contribution in [0.3, 0.4) is 0 Å². The average Bonchev–Trinajstić information content (AvgIpc) is 2.80. The fraction of sp³-hybridized carbons (Fsp3) is 0.250. The number of hydrogen-bond acceptors (Lipinski definition) is 2. The van der Waals surface area contributed by atoms with Crippen LogP contribution < -0.4 is 4.74 Å². The van der Waals surface area contributed by atoms with E-state index >= 15 is 0 Å². The van der Waals surface area contributed by atoms with Crippen LogP contribution in [-0.2, 0) is 0 Å². The average molecular weight is 292 g/mol. The number of hydrogen-bond donors (Lipinski definition) is 0. The molecule has 22 heavy (non-hydrogen) atoms. The van der Waals surface area contributed by atoms with Crippen molar-refractivity contribution in [3.05, 3.63) is 70.8 Å². The number of rotatable bonds is 2. The number of ether oxygens (including phenoxy) is 1. The summed E-state index contributed by atoms with van der Waals surface area (Å²) in [6.07, 6.45) is 0. The summed E-state index contributed by atoms with van der Waals surface area (Å²) in [5.74, 6) is 0.902. The van der Waals surface area contributed by atoms with E-state index in [0.29, 0.717) is 0 Å². The fourth-order valence-corrected chi connectivity index (χ4v) is 3.06. The van der Waals surface area contributed by atoms with Crippen molar-refractivity contribution in [2.45, 2.75) is 20.8 Å². The van der Waals surface area contributed by atoms with Crippen LogP contribution in [0.1, 0.15) is 42.3 Å². The van der Waals surface area contributed by atoms with Crippen molar-refractivity contribution in [1.82, 2.24) is 0 Å². The van der Waals surface area contributed by atoms with Crippen LogP contribution in [0.5, 0.6) is 5.75 Å². The molecule has 0 aliphatic heterocycles. The van der Waals surface area contributed by atoms with E-state index in [1.54, 1.807) is 7.11 Å². The molecule has 2 aromatic carbocycles. The molecular formula is C20H20O2. The van der Waals surface area contributed by atoms with E-state index < -0.39 is 0 Å². The van der Waals surface area contributed by atoms with Crippen LogP contribution in [0.2, 0.25) is 0 Å². The molecule has 0 spiro atoms. The Hall–Kier alpha value is -2.35. The molecule has 0 aromatic heterocycles. The number of fused-ring (bicyclic) bond motifs is 1. The second-order valence-corrected chi connectivity index (χ2v) is 6.61. The molecule has 3 rings (SSSR count). The summed E-state index contributed by atoms with van der Waals surface area (Å²) >= 11 is 0. The molecule has 0 fully saturated rings. The van der Waals surface area contributed by atoms with E-state index in [0.717, 1.165) is 33.6 Å². The van der Waals surface area contributed by atoms with E-state index in [1.165, 1.54) is 0 Å². The van der Waals surface area contributed by atoms with Gasteiger partial charge in [-0.1, -0.05) is 51.1 Å². The number of ketones is 1. The zero-order valence-electron chi connectivity index (χ0n) is 13.4. The van der Waals surface area contributed by atoms with Crippen molar-refractivity contribution in [3.63, 3.8) is 0 Å². The van der Waals surface area contributed by atoms with Gasteiger partial charge in [0.05, 0.1) is 7.11 Å². The van der Waals surface area contributed by atoms with E-state index in [4.69, 9.17) is 4.74 Å². The topological polar surface area (TPSA) is 26.3 Å². The van der Waals surface area contributed by atoms with Crippen molar-refractivity contribution in [2.24, 2.45) is 5.41 Å². The smallest absolute Gasteiger partial charge is 0.190 e. The standard InChI is InChI=1S/C20H20O2/c1-20(2,3)18-17(13-8-6-5-7-9-13)16-12-14(22-4)10-11-15(16)19(18)21/h5-12H,1-4H3. The van der Waals surface area contributed by atoms with E-state index in [2.05, 4.69) is 32.9 Å². The summed E-state index contributed by atoms with van der Waals surface area (Å²) in [6, 6.07) is 15.8. The van der Waals surface area contributed by atoms with Gasteiger partial charge in [-0.2, -0.15) is 0 Å². The van der Waals surface area contributed by atoms with Crippen LogP contribution in [-0.4, -0.2) is 12.9 Å². The van der Waals surface area contributed by atoms with Gasteiger partial charge in [-0.25, -0.2) is 0 Å². The van der Waals surface area contributed by atoms with Gasteiger partial charge >= 0.3 is 0 Å². The minimum Gasteiger partial charge on any atom is -0.497 e. The molecule has 2 heteroatoms. The van der Waals surface area contributed by atoms with Gasteiger partial charge in [0.15, 0.2) is 5.78 Å². The van der Waals surface area contributed by atoms with E-state index in [1.807, 2.05) is 36.4 Å². The van der Waals surface area contributed by atoms with Gasteiger partial charge in [0.1, 0.15) is 5.75 Å². The van der Waals surface area contributed by atoms with Crippen molar-refractivity contribution in [3.8, 4) is 5.75 Å². The molecule has 0 saturated carbocycles. The molecule has 0 bridgehead atoms. The maximum absolute atomic E-state index is 12.9. The van der Waals surface area contributed by atoms with Crippen molar-refractivity contribution >= 4 is 11.4 Å². The largest absolute Gasteiger partial charge is 0.497 e. The second kappa shape index (κ2) is 5.13. The lowest BCUT2D eigenvalue weighted by Crippen LogP contribution is -2.16. The number of carbonyl (C=O) groups is 1. The Morgan fingerprint density at radius 2 is 1.59 bits per heavy atom. The third kappa shape index (κ3) is 2.25. The van der Waals surface area contributed by atoms with Gasteiger partial charge in [-0.15, -0.1) is 0 Å². The minimum atomic E-state index is -0.214. The monoisotopic (exact) mass is 292 g/mol. The maximum Gasteiger partial charge on any atom is 0.190 e. The third-order valence-corrected chi connectivity index (χ3v) is 4.03. The highest BCUT2D eigenvalue weighted by Crippen LogP contribution is 2.45. The number of allylic oxidation sites excluding steroid dienone is 1. The predicted molar refractivity (Wildman–Crippen MR) is 89.2 cm³/mol. The lowest BCUT2D eigenvalue weighted by atomic mass is 9.81. The molecule has 112 valence electrons.